The normalized spacial score (nSPS) is 10.6. The number of amides is 1. The Labute approximate surface area is 123 Å². The third kappa shape index (κ3) is 3.61. The molecule has 2 aromatic rings. The summed E-state index contributed by atoms with van der Waals surface area (Å²) in [7, 11) is 0. The lowest BCUT2D eigenvalue weighted by molar-refractivity contribution is -0.121. The Balaban J connectivity index is 1.83. The largest absolute Gasteiger partial charge is 0.352 e. The topological polar surface area (TPSA) is 55.1 Å². The summed E-state index contributed by atoms with van der Waals surface area (Å²) < 4.78 is 4.86. The van der Waals surface area contributed by atoms with Gasteiger partial charge < -0.3 is 9.84 Å². The maximum Gasteiger partial charge on any atom is 0.229 e. The zero-order chi connectivity index (χ0) is 14.5. The molecule has 5 heteroatoms. The Morgan fingerprint density at radius 1 is 1.35 bits per heavy atom. The van der Waals surface area contributed by atoms with Gasteiger partial charge in [0.1, 0.15) is 0 Å². The molecule has 1 amide bonds. The van der Waals surface area contributed by atoms with Crippen LogP contribution >= 0.6 is 11.6 Å². The van der Waals surface area contributed by atoms with Crippen LogP contribution < -0.4 is 5.32 Å². The summed E-state index contributed by atoms with van der Waals surface area (Å²) in [6.45, 7) is 4.39. The highest BCUT2D eigenvalue weighted by Gasteiger charge is 2.12. The van der Waals surface area contributed by atoms with Gasteiger partial charge in [0, 0.05) is 18.5 Å². The average molecular weight is 293 g/mol. The second kappa shape index (κ2) is 6.57. The van der Waals surface area contributed by atoms with Gasteiger partial charge in [-0.1, -0.05) is 29.4 Å². The van der Waals surface area contributed by atoms with Gasteiger partial charge in [0.15, 0.2) is 0 Å². The van der Waals surface area contributed by atoms with E-state index in [1.807, 2.05) is 38.1 Å². The molecule has 0 aliphatic carbocycles. The molecule has 0 aliphatic heterocycles. The molecule has 1 aromatic carbocycles. The highest BCUT2D eigenvalue weighted by molar-refractivity contribution is 6.29. The summed E-state index contributed by atoms with van der Waals surface area (Å²) in [4.78, 5) is 11.8. The molecule has 1 N–H and O–H groups in total. The molecule has 20 heavy (non-hydrogen) atoms. The Morgan fingerprint density at radius 2 is 2.10 bits per heavy atom. The van der Waals surface area contributed by atoms with Gasteiger partial charge in [-0.25, -0.2) is 0 Å². The first-order chi connectivity index (χ1) is 9.58. The van der Waals surface area contributed by atoms with Crippen molar-refractivity contribution in [1.29, 1.82) is 0 Å². The first-order valence-corrected chi connectivity index (χ1v) is 6.87. The van der Waals surface area contributed by atoms with Gasteiger partial charge in [-0.2, -0.15) is 0 Å². The molecule has 1 aromatic heterocycles. The second-order valence-electron chi connectivity index (χ2n) is 4.72. The van der Waals surface area contributed by atoms with E-state index in [0.29, 0.717) is 19.4 Å². The molecule has 0 saturated carbocycles. The quantitative estimate of drug-likeness (QED) is 0.921. The Kier molecular flexibility index (Phi) is 4.79. The zero-order valence-corrected chi connectivity index (χ0v) is 12.3. The fraction of sp³-hybridized carbons (Fsp3) is 0.333. The van der Waals surface area contributed by atoms with E-state index in [4.69, 9.17) is 16.1 Å². The number of aromatic nitrogens is 1. The van der Waals surface area contributed by atoms with Gasteiger partial charge in [-0.3, -0.25) is 4.79 Å². The number of carbonyl (C=O) groups excluding carboxylic acids is 1. The maximum absolute atomic E-state index is 11.8. The van der Waals surface area contributed by atoms with E-state index in [2.05, 4.69) is 10.5 Å². The SMILES string of the molecule is Cc1ccccc1CNC(=O)CCc1c(C)noc1Cl. The Bertz CT molecular complexity index is 588. The molecule has 4 nitrogen and oxygen atoms in total. The van der Waals surface area contributed by atoms with E-state index in [1.54, 1.807) is 0 Å². The van der Waals surface area contributed by atoms with Crippen LogP contribution in [0.25, 0.3) is 0 Å². The summed E-state index contributed by atoms with van der Waals surface area (Å²) >= 11 is 5.86. The fourth-order valence-corrected chi connectivity index (χ4v) is 2.24. The number of rotatable bonds is 5. The van der Waals surface area contributed by atoms with Crippen molar-refractivity contribution >= 4 is 17.5 Å². The Hall–Kier alpha value is -1.81. The van der Waals surface area contributed by atoms with Crippen LogP contribution in [0.4, 0.5) is 0 Å². The maximum atomic E-state index is 11.8. The summed E-state index contributed by atoms with van der Waals surface area (Å²) in [5, 5.41) is 6.94. The first-order valence-electron chi connectivity index (χ1n) is 6.49. The predicted octanol–water partition coefficient (Wildman–Crippen LogP) is 3.19. The van der Waals surface area contributed by atoms with Crippen LogP contribution in [0.2, 0.25) is 5.22 Å². The van der Waals surface area contributed by atoms with E-state index < -0.39 is 0 Å². The molecule has 0 bridgehead atoms. The second-order valence-corrected chi connectivity index (χ2v) is 5.07. The number of carbonyl (C=O) groups is 1. The van der Waals surface area contributed by atoms with E-state index in [1.165, 1.54) is 5.56 Å². The number of nitrogens with one attached hydrogen (secondary N) is 1. The highest BCUT2D eigenvalue weighted by atomic mass is 35.5. The van der Waals surface area contributed by atoms with Crippen LogP contribution in [-0.4, -0.2) is 11.1 Å². The van der Waals surface area contributed by atoms with Crippen LogP contribution in [0.5, 0.6) is 0 Å². The van der Waals surface area contributed by atoms with E-state index in [9.17, 15) is 4.79 Å². The smallest absolute Gasteiger partial charge is 0.229 e. The van der Waals surface area contributed by atoms with Crippen LogP contribution in [0.15, 0.2) is 28.8 Å². The van der Waals surface area contributed by atoms with Crippen LogP contribution in [0, 0.1) is 13.8 Å². The summed E-state index contributed by atoms with van der Waals surface area (Å²) in [6.07, 6.45) is 0.904. The van der Waals surface area contributed by atoms with Gasteiger partial charge in [0.05, 0.1) is 5.69 Å². The lowest BCUT2D eigenvalue weighted by atomic mass is 10.1. The number of hydrogen-bond donors (Lipinski definition) is 1. The third-order valence-electron chi connectivity index (χ3n) is 3.28. The van der Waals surface area contributed by atoms with E-state index in [0.717, 1.165) is 16.8 Å². The molecule has 106 valence electrons. The molecule has 0 fully saturated rings. The summed E-state index contributed by atoms with van der Waals surface area (Å²) in [6, 6.07) is 7.99. The van der Waals surface area contributed by atoms with Crippen molar-refractivity contribution in [2.45, 2.75) is 33.2 Å². The third-order valence-corrected chi connectivity index (χ3v) is 3.57. The van der Waals surface area contributed by atoms with Crippen molar-refractivity contribution < 1.29 is 9.32 Å². The molecular weight excluding hydrogens is 276 g/mol. The van der Waals surface area contributed by atoms with E-state index in [-0.39, 0.29) is 11.1 Å². The van der Waals surface area contributed by atoms with Crippen LogP contribution in [-0.2, 0) is 17.8 Å². The molecule has 0 spiro atoms. The number of nitrogens with zero attached hydrogens (tertiary/aromatic N) is 1. The highest BCUT2D eigenvalue weighted by Crippen LogP contribution is 2.20. The molecule has 2 rings (SSSR count). The minimum Gasteiger partial charge on any atom is -0.352 e. The minimum atomic E-state index is -0.00933. The van der Waals surface area contributed by atoms with Crippen molar-refractivity contribution in [3.05, 3.63) is 51.9 Å². The molecule has 0 aliphatic rings. The van der Waals surface area contributed by atoms with Crippen molar-refractivity contribution in [3.63, 3.8) is 0 Å². The molecule has 0 atom stereocenters. The van der Waals surface area contributed by atoms with Crippen molar-refractivity contribution in [3.8, 4) is 0 Å². The minimum absolute atomic E-state index is 0.00933. The number of hydrogen-bond acceptors (Lipinski definition) is 3. The number of halogens is 1. The summed E-state index contributed by atoms with van der Waals surface area (Å²) in [5.41, 5.74) is 3.84. The monoisotopic (exact) mass is 292 g/mol. The average Bonchev–Trinajstić information content (AvgIpc) is 2.75. The van der Waals surface area contributed by atoms with Crippen LogP contribution in [0.3, 0.4) is 0 Å². The van der Waals surface area contributed by atoms with Gasteiger partial charge in [-0.05, 0) is 43.0 Å². The fourth-order valence-electron chi connectivity index (χ4n) is 1.97. The Morgan fingerprint density at radius 3 is 2.75 bits per heavy atom. The molecule has 1 heterocycles. The van der Waals surface area contributed by atoms with Gasteiger partial charge in [0.2, 0.25) is 11.1 Å². The van der Waals surface area contributed by atoms with Crippen molar-refractivity contribution in [2.75, 3.05) is 0 Å². The standard InChI is InChI=1S/C15H17ClN2O2/c1-10-5-3-4-6-12(10)9-17-14(19)8-7-13-11(2)18-20-15(13)16/h3-6H,7-9H2,1-2H3,(H,17,19). The van der Waals surface area contributed by atoms with Crippen molar-refractivity contribution in [1.82, 2.24) is 10.5 Å². The molecule has 0 radical (unpaired) electrons. The first kappa shape index (κ1) is 14.6. The van der Waals surface area contributed by atoms with Gasteiger partial charge in [0.25, 0.3) is 0 Å². The number of benzene rings is 1. The van der Waals surface area contributed by atoms with Crippen LogP contribution in [0.1, 0.15) is 28.8 Å². The summed E-state index contributed by atoms with van der Waals surface area (Å²) in [5.74, 6) is -0.00933. The van der Waals surface area contributed by atoms with Gasteiger partial charge in [-0.15, -0.1) is 0 Å². The number of aryl methyl sites for hydroxylation is 2. The van der Waals surface area contributed by atoms with Gasteiger partial charge >= 0.3 is 0 Å². The lowest BCUT2D eigenvalue weighted by Crippen LogP contribution is -2.23. The molecule has 0 saturated heterocycles. The zero-order valence-electron chi connectivity index (χ0n) is 11.6. The van der Waals surface area contributed by atoms with E-state index >= 15 is 0 Å². The van der Waals surface area contributed by atoms with Crippen molar-refractivity contribution in [2.24, 2.45) is 0 Å². The molecular formula is C15H17ClN2O2. The predicted molar refractivity (Wildman–Crippen MR) is 77.6 cm³/mol. The lowest BCUT2D eigenvalue weighted by Gasteiger charge is -2.07. The molecule has 0 unspecified atom stereocenters.